The predicted octanol–water partition coefficient (Wildman–Crippen LogP) is 0.100. The van der Waals surface area contributed by atoms with Crippen molar-refractivity contribution in [3.8, 4) is 11.1 Å². The summed E-state index contributed by atoms with van der Waals surface area (Å²) in [5.74, 6) is -0.487. The average molecular weight is 402 g/mol. The van der Waals surface area contributed by atoms with E-state index in [4.69, 9.17) is 14.5 Å². The Morgan fingerprint density at radius 1 is 1.30 bits per heavy atom. The molecule has 1 aromatic heterocycles. The van der Waals surface area contributed by atoms with Gasteiger partial charge in [0.25, 0.3) is 5.56 Å². The monoisotopic (exact) mass is 402 g/mol. The smallest absolute Gasteiger partial charge is 0.390 e. The minimum absolute atomic E-state index is 0.0655. The van der Waals surface area contributed by atoms with Gasteiger partial charge in [0.15, 0.2) is 0 Å². The molecule has 1 aliphatic heterocycles. The van der Waals surface area contributed by atoms with Gasteiger partial charge in [-0.15, -0.1) is 0 Å². The summed E-state index contributed by atoms with van der Waals surface area (Å²) >= 11 is 0. The molecule has 2 heterocycles. The van der Waals surface area contributed by atoms with Gasteiger partial charge in [-0.25, -0.2) is 13.8 Å². The molecule has 146 valence electrons. The van der Waals surface area contributed by atoms with Gasteiger partial charge in [-0.2, -0.15) is 0 Å². The van der Waals surface area contributed by atoms with E-state index in [2.05, 4.69) is 9.51 Å². The second kappa shape index (κ2) is 7.47. The standard InChI is InChI=1S/C15H16FN2O8P/c16-9-3-1-8(2-4-9)10-6-18(15(21)17-14(10)20)13-5-11(19)12(26-13)7-25-27(22,23)24/h1-4,6,11-13,19H,5,7H2,(H,17,20,21)(H2,22,23,24)/t11?,12-,13-/m1/s1. The fourth-order valence-corrected chi connectivity index (χ4v) is 3.08. The van der Waals surface area contributed by atoms with Crippen molar-refractivity contribution in [3.63, 3.8) is 0 Å². The topological polar surface area (TPSA) is 151 Å². The molecule has 12 heteroatoms. The third kappa shape index (κ3) is 4.59. The minimum atomic E-state index is -4.74. The molecular weight excluding hydrogens is 386 g/mol. The molecule has 0 amide bonds. The van der Waals surface area contributed by atoms with E-state index in [1.54, 1.807) is 0 Å². The first-order valence-electron chi connectivity index (χ1n) is 7.79. The Balaban J connectivity index is 1.88. The Hall–Kier alpha value is -2.14. The summed E-state index contributed by atoms with van der Waals surface area (Å²) in [5, 5.41) is 9.99. The van der Waals surface area contributed by atoms with Crippen molar-refractivity contribution in [2.45, 2.75) is 24.9 Å². The molecule has 1 fully saturated rings. The fourth-order valence-electron chi connectivity index (χ4n) is 2.74. The van der Waals surface area contributed by atoms with E-state index in [1.165, 1.54) is 18.3 Å². The van der Waals surface area contributed by atoms with Crippen molar-refractivity contribution in [1.82, 2.24) is 9.55 Å². The highest BCUT2D eigenvalue weighted by Gasteiger charge is 2.37. The second-order valence-electron chi connectivity index (χ2n) is 5.93. The van der Waals surface area contributed by atoms with Crippen LogP contribution in [0.2, 0.25) is 0 Å². The van der Waals surface area contributed by atoms with Crippen LogP contribution in [0.5, 0.6) is 0 Å². The van der Waals surface area contributed by atoms with E-state index in [0.717, 1.165) is 16.7 Å². The number of phosphoric acid groups is 1. The van der Waals surface area contributed by atoms with Crippen LogP contribution in [0, 0.1) is 5.82 Å². The van der Waals surface area contributed by atoms with Gasteiger partial charge in [-0.05, 0) is 17.7 Å². The number of rotatable bonds is 5. The van der Waals surface area contributed by atoms with Gasteiger partial charge >= 0.3 is 13.5 Å². The van der Waals surface area contributed by atoms with Crippen molar-refractivity contribution in [2.24, 2.45) is 0 Å². The second-order valence-corrected chi connectivity index (χ2v) is 7.17. The van der Waals surface area contributed by atoms with Crippen LogP contribution in [0.4, 0.5) is 4.39 Å². The van der Waals surface area contributed by atoms with E-state index >= 15 is 0 Å². The Bertz CT molecular complexity index is 983. The molecule has 10 nitrogen and oxygen atoms in total. The normalized spacial score (nSPS) is 22.9. The summed E-state index contributed by atoms with van der Waals surface area (Å²) in [4.78, 5) is 43.8. The molecular formula is C15H16FN2O8P. The van der Waals surface area contributed by atoms with Crippen molar-refractivity contribution in [2.75, 3.05) is 6.61 Å². The van der Waals surface area contributed by atoms with Crippen LogP contribution in [0.25, 0.3) is 11.1 Å². The number of hydrogen-bond donors (Lipinski definition) is 4. The van der Waals surface area contributed by atoms with Crippen molar-refractivity contribution < 1.29 is 33.1 Å². The SMILES string of the molecule is O=c1[nH]c(=O)n([C@H]2CC(O)[C@@H](COP(=O)(O)O)O2)cc1-c1ccc(F)cc1. The number of H-pyrrole nitrogens is 1. The highest BCUT2D eigenvalue weighted by molar-refractivity contribution is 7.46. The quantitative estimate of drug-likeness (QED) is 0.514. The first-order chi connectivity index (χ1) is 12.6. The van der Waals surface area contributed by atoms with Crippen molar-refractivity contribution >= 4 is 7.82 Å². The Labute approximate surface area is 151 Å². The Morgan fingerprint density at radius 2 is 1.96 bits per heavy atom. The lowest BCUT2D eigenvalue weighted by molar-refractivity contribution is -0.0450. The minimum Gasteiger partial charge on any atom is -0.390 e. The molecule has 1 aromatic carbocycles. The molecule has 1 unspecified atom stereocenters. The summed E-state index contributed by atoms with van der Waals surface area (Å²) in [6.07, 6.45) is -2.05. The molecule has 27 heavy (non-hydrogen) atoms. The zero-order valence-corrected chi connectivity index (χ0v) is 14.6. The lowest BCUT2D eigenvalue weighted by atomic mass is 10.1. The molecule has 0 bridgehead atoms. The van der Waals surface area contributed by atoms with Crippen LogP contribution >= 0.6 is 7.82 Å². The molecule has 2 aromatic rings. The van der Waals surface area contributed by atoms with E-state index in [0.29, 0.717) is 5.56 Å². The molecule has 3 atom stereocenters. The zero-order valence-electron chi connectivity index (χ0n) is 13.7. The maximum absolute atomic E-state index is 13.1. The molecule has 0 aliphatic carbocycles. The lowest BCUT2D eigenvalue weighted by Crippen LogP contribution is -2.33. The van der Waals surface area contributed by atoms with Crippen molar-refractivity contribution in [3.05, 3.63) is 57.1 Å². The fraction of sp³-hybridized carbons (Fsp3) is 0.333. The molecule has 1 aliphatic rings. The third-order valence-electron chi connectivity index (χ3n) is 4.04. The molecule has 4 N–H and O–H groups in total. The summed E-state index contributed by atoms with van der Waals surface area (Å²) in [6.45, 7) is -0.579. The Morgan fingerprint density at radius 3 is 2.59 bits per heavy atom. The number of aliphatic hydroxyl groups is 1. The highest BCUT2D eigenvalue weighted by Crippen LogP contribution is 2.38. The van der Waals surface area contributed by atoms with Gasteiger partial charge in [0, 0.05) is 12.6 Å². The van der Waals surface area contributed by atoms with Gasteiger partial charge in [0.2, 0.25) is 0 Å². The van der Waals surface area contributed by atoms with Gasteiger partial charge in [0.05, 0.1) is 18.3 Å². The van der Waals surface area contributed by atoms with E-state index in [-0.39, 0.29) is 12.0 Å². The number of aromatic amines is 1. The molecule has 0 spiro atoms. The van der Waals surface area contributed by atoms with Crippen LogP contribution in [0.3, 0.4) is 0 Å². The van der Waals surface area contributed by atoms with Crippen LogP contribution in [-0.2, 0) is 13.8 Å². The molecule has 1 saturated heterocycles. The number of nitrogens with one attached hydrogen (secondary N) is 1. The van der Waals surface area contributed by atoms with Gasteiger partial charge in [0.1, 0.15) is 18.1 Å². The van der Waals surface area contributed by atoms with Crippen LogP contribution in [0.1, 0.15) is 12.6 Å². The van der Waals surface area contributed by atoms with Crippen molar-refractivity contribution in [1.29, 1.82) is 0 Å². The number of phosphoric ester groups is 1. The lowest BCUT2D eigenvalue weighted by Gasteiger charge is -2.17. The van der Waals surface area contributed by atoms with E-state index in [9.17, 15) is 23.7 Å². The number of benzene rings is 1. The van der Waals surface area contributed by atoms with E-state index < -0.39 is 49.9 Å². The van der Waals surface area contributed by atoms with E-state index in [1.807, 2.05) is 0 Å². The number of halogens is 1. The number of ether oxygens (including phenoxy) is 1. The van der Waals surface area contributed by atoms with Crippen LogP contribution in [-0.4, -0.2) is 43.3 Å². The first kappa shape index (κ1) is 19.6. The zero-order chi connectivity index (χ0) is 19.8. The predicted molar refractivity (Wildman–Crippen MR) is 89.2 cm³/mol. The maximum atomic E-state index is 13.1. The number of hydrogen-bond acceptors (Lipinski definition) is 6. The van der Waals surface area contributed by atoms with Gasteiger partial charge in [-0.3, -0.25) is 18.9 Å². The first-order valence-corrected chi connectivity index (χ1v) is 9.32. The summed E-state index contributed by atoms with van der Waals surface area (Å²) in [7, 11) is -4.74. The van der Waals surface area contributed by atoms with Crippen LogP contribution in [0.15, 0.2) is 40.1 Å². The van der Waals surface area contributed by atoms with Gasteiger partial charge in [-0.1, -0.05) is 12.1 Å². The summed E-state index contributed by atoms with van der Waals surface area (Å²) < 4.78 is 34.7. The van der Waals surface area contributed by atoms with Crippen LogP contribution < -0.4 is 11.2 Å². The number of aromatic nitrogens is 2. The highest BCUT2D eigenvalue weighted by atomic mass is 31.2. The average Bonchev–Trinajstić information content (AvgIpc) is 2.94. The number of aliphatic hydroxyl groups excluding tert-OH is 1. The molecule has 3 rings (SSSR count). The summed E-state index contributed by atoms with van der Waals surface area (Å²) in [5.41, 5.74) is -1.02. The number of nitrogens with zero attached hydrogens (tertiary/aromatic N) is 1. The molecule has 0 radical (unpaired) electrons. The summed E-state index contributed by atoms with van der Waals surface area (Å²) in [6, 6.07) is 5.07. The third-order valence-corrected chi connectivity index (χ3v) is 4.53. The maximum Gasteiger partial charge on any atom is 0.469 e. The largest absolute Gasteiger partial charge is 0.469 e. The molecule has 0 saturated carbocycles. The Kier molecular flexibility index (Phi) is 5.43. The van der Waals surface area contributed by atoms with Gasteiger partial charge < -0.3 is 19.6 Å².